The number of hydrogen-bond acceptors (Lipinski definition) is 3. The fourth-order valence-electron chi connectivity index (χ4n) is 2.00. The number of rotatable bonds is 3. The van der Waals surface area contributed by atoms with Crippen LogP contribution in [0.1, 0.15) is 38.9 Å². The molecule has 1 unspecified atom stereocenters. The van der Waals surface area contributed by atoms with Crippen LogP contribution in [-0.2, 0) is 0 Å². The van der Waals surface area contributed by atoms with Crippen LogP contribution in [0.5, 0.6) is 0 Å². The number of hydrogen-bond donors (Lipinski definition) is 3. The van der Waals surface area contributed by atoms with Crippen molar-refractivity contribution in [3.63, 3.8) is 0 Å². The van der Waals surface area contributed by atoms with Crippen molar-refractivity contribution in [3.8, 4) is 0 Å². The second-order valence-corrected chi connectivity index (χ2v) is 4.78. The second kappa shape index (κ2) is 4.20. The van der Waals surface area contributed by atoms with Gasteiger partial charge < -0.3 is 4.98 Å². The highest BCUT2D eigenvalue weighted by Crippen LogP contribution is 2.21. The van der Waals surface area contributed by atoms with Crippen molar-refractivity contribution in [2.75, 3.05) is 0 Å². The molecule has 2 aromatic heterocycles. The van der Waals surface area contributed by atoms with Crippen LogP contribution in [0, 0.1) is 5.92 Å². The summed E-state index contributed by atoms with van der Waals surface area (Å²) in [5, 5.41) is 0. The third-order valence-corrected chi connectivity index (χ3v) is 2.70. The number of nitrogens with zero attached hydrogens (tertiary/aromatic N) is 1. The van der Waals surface area contributed by atoms with E-state index >= 15 is 0 Å². The summed E-state index contributed by atoms with van der Waals surface area (Å²) in [5.74, 6) is 1.52. The Morgan fingerprint density at radius 1 is 1.12 bits per heavy atom. The van der Waals surface area contributed by atoms with Crippen molar-refractivity contribution in [1.82, 2.24) is 19.9 Å². The molecule has 0 saturated carbocycles. The van der Waals surface area contributed by atoms with Crippen LogP contribution < -0.4 is 11.2 Å². The van der Waals surface area contributed by atoms with Crippen molar-refractivity contribution in [2.24, 2.45) is 5.92 Å². The van der Waals surface area contributed by atoms with Gasteiger partial charge >= 0.3 is 5.69 Å². The molecule has 0 aliphatic rings. The minimum Gasteiger partial charge on any atom is -0.336 e. The summed E-state index contributed by atoms with van der Waals surface area (Å²) in [4.78, 5) is 34.5. The van der Waals surface area contributed by atoms with E-state index < -0.39 is 11.2 Å². The van der Waals surface area contributed by atoms with E-state index in [0.717, 1.165) is 12.2 Å². The third kappa shape index (κ3) is 2.30. The third-order valence-electron chi connectivity index (χ3n) is 2.70. The SMILES string of the molecule is CC(C)CC(C)c1nc2[nH]c(=O)[nH]c(=O)c2[nH]1. The van der Waals surface area contributed by atoms with Gasteiger partial charge in [0.05, 0.1) is 0 Å². The van der Waals surface area contributed by atoms with Crippen LogP contribution in [0.2, 0.25) is 0 Å². The minimum atomic E-state index is -0.530. The summed E-state index contributed by atoms with van der Waals surface area (Å²) >= 11 is 0. The van der Waals surface area contributed by atoms with Crippen molar-refractivity contribution in [2.45, 2.75) is 33.1 Å². The van der Waals surface area contributed by atoms with Gasteiger partial charge in [-0.1, -0.05) is 20.8 Å². The first-order valence-electron chi connectivity index (χ1n) is 5.69. The quantitative estimate of drug-likeness (QED) is 0.744. The number of aromatic nitrogens is 4. The number of aromatic amines is 3. The lowest BCUT2D eigenvalue weighted by Crippen LogP contribution is -2.21. The summed E-state index contributed by atoms with van der Waals surface area (Å²) in [6.07, 6.45) is 0.974. The average Bonchev–Trinajstić information content (AvgIpc) is 2.60. The first-order valence-corrected chi connectivity index (χ1v) is 5.69. The van der Waals surface area contributed by atoms with E-state index in [2.05, 4.69) is 33.8 Å². The van der Waals surface area contributed by atoms with Gasteiger partial charge in [-0.2, -0.15) is 0 Å². The molecule has 17 heavy (non-hydrogen) atoms. The van der Waals surface area contributed by atoms with E-state index in [0.29, 0.717) is 17.1 Å². The van der Waals surface area contributed by atoms with E-state index in [-0.39, 0.29) is 5.92 Å². The standard InChI is InChI=1S/C11H16N4O2/c1-5(2)4-6(3)8-12-7-9(13-8)14-11(17)15-10(7)16/h5-6H,4H2,1-3H3,(H3,12,13,14,15,16,17). The van der Waals surface area contributed by atoms with Gasteiger partial charge in [0, 0.05) is 5.92 Å². The molecule has 0 spiro atoms. The summed E-state index contributed by atoms with van der Waals surface area (Å²) in [6, 6.07) is 0. The fourth-order valence-corrected chi connectivity index (χ4v) is 2.00. The van der Waals surface area contributed by atoms with Crippen LogP contribution in [0.25, 0.3) is 11.2 Å². The summed E-state index contributed by atoms with van der Waals surface area (Å²) in [5.41, 5.74) is -0.309. The predicted octanol–water partition coefficient (Wildman–Crippen LogP) is 1.09. The van der Waals surface area contributed by atoms with E-state index in [9.17, 15) is 9.59 Å². The maximum atomic E-state index is 11.5. The van der Waals surface area contributed by atoms with E-state index in [1.165, 1.54) is 0 Å². The van der Waals surface area contributed by atoms with Crippen molar-refractivity contribution < 1.29 is 0 Å². The van der Waals surface area contributed by atoms with Gasteiger partial charge in [-0.25, -0.2) is 9.78 Å². The highest BCUT2D eigenvalue weighted by molar-refractivity contribution is 5.68. The molecule has 1 atom stereocenters. The summed E-state index contributed by atoms with van der Waals surface area (Å²) < 4.78 is 0. The molecular weight excluding hydrogens is 220 g/mol. The molecule has 0 amide bonds. The zero-order chi connectivity index (χ0) is 12.6. The van der Waals surface area contributed by atoms with Crippen molar-refractivity contribution in [3.05, 3.63) is 26.7 Å². The average molecular weight is 236 g/mol. The number of imidazole rings is 1. The van der Waals surface area contributed by atoms with Crippen LogP contribution in [0.4, 0.5) is 0 Å². The first kappa shape index (κ1) is 11.6. The Morgan fingerprint density at radius 2 is 1.82 bits per heavy atom. The summed E-state index contributed by atoms with van der Waals surface area (Å²) in [6.45, 7) is 6.31. The smallest absolute Gasteiger partial charge is 0.327 e. The van der Waals surface area contributed by atoms with Crippen LogP contribution in [0.15, 0.2) is 9.59 Å². The molecule has 3 N–H and O–H groups in total. The molecule has 0 aliphatic heterocycles. The number of H-pyrrole nitrogens is 3. The molecule has 0 fully saturated rings. The molecule has 0 aromatic carbocycles. The van der Waals surface area contributed by atoms with Crippen LogP contribution in [-0.4, -0.2) is 19.9 Å². The second-order valence-electron chi connectivity index (χ2n) is 4.78. The van der Waals surface area contributed by atoms with Gasteiger partial charge in [0.15, 0.2) is 5.65 Å². The monoisotopic (exact) mass is 236 g/mol. The topological polar surface area (TPSA) is 94.4 Å². The minimum absolute atomic E-state index is 0.227. The molecule has 0 bridgehead atoms. The van der Waals surface area contributed by atoms with E-state index in [1.54, 1.807) is 0 Å². The molecule has 0 saturated heterocycles. The Hall–Kier alpha value is -1.85. The molecule has 2 rings (SSSR count). The normalized spacial score (nSPS) is 13.4. The zero-order valence-electron chi connectivity index (χ0n) is 10.1. The fraction of sp³-hybridized carbons (Fsp3) is 0.545. The van der Waals surface area contributed by atoms with Gasteiger partial charge in [-0.15, -0.1) is 0 Å². The lowest BCUT2D eigenvalue weighted by atomic mass is 9.98. The Labute approximate surface area is 97.5 Å². The van der Waals surface area contributed by atoms with Crippen LogP contribution >= 0.6 is 0 Å². The van der Waals surface area contributed by atoms with Gasteiger partial charge in [0.1, 0.15) is 11.3 Å². The zero-order valence-corrected chi connectivity index (χ0v) is 10.1. The largest absolute Gasteiger partial charge is 0.336 e. The van der Waals surface area contributed by atoms with Gasteiger partial charge in [-0.05, 0) is 12.3 Å². The Morgan fingerprint density at radius 3 is 2.47 bits per heavy atom. The summed E-state index contributed by atoms with van der Waals surface area (Å²) in [7, 11) is 0. The lowest BCUT2D eigenvalue weighted by molar-refractivity contribution is 0.510. The van der Waals surface area contributed by atoms with Crippen molar-refractivity contribution >= 4 is 11.2 Å². The Balaban J connectivity index is 2.48. The molecule has 0 radical (unpaired) electrons. The van der Waals surface area contributed by atoms with E-state index in [1.807, 2.05) is 6.92 Å². The molecule has 6 heteroatoms. The van der Waals surface area contributed by atoms with Crippen LogP contribution in [0.3, 0.4) is 0 Å². The molecule has 2 heterocycles. The number of nitrogens with one attached hydrogen (secondary N) is 3. The highest BCUT2D eigenvalue weighted by Gasteiger charge is 2.14. The van der Waals surface area contributed by atoms with E-state index in [4.69, 9.17) is 0 Å². The molecule has 2 aromatic rings. The van der Waals surface area contributed by atoms with Gasteiger partial charge in [0.2, 0.25) is 0 Å². The van der Waals surface area contributed by atoms with Crippen molar-refractivity contribution in [1.29, 1.82) is 0 Å². The highest BCUT2D eigenvalue weighted by atomic mass is 16.2. The Bertz CT molecular complexity index is 635. The molecule has 6 nitrogen and oxygen atoms in total. The predicted molar refractivity (Wildman–Crippen MR) is 65.2 cm³/mol. The Kier molecular flexibility index (Phi) is 2.87. The maximum Gasteiger partial charge on any atom is 0.327 e. The number of fused-ring (bicyclic) bond motifs is 1. The molecular formula is C11H16N4O2. The maximum absolute atomic E-state index is 11.5. The van der Waals surface area contributed by atoms with Gasteiger partial charge in [0.25, 0.3) is 5.56 Å². The van der Waals surface area contributed by atoms with Gasteiger partial charge in [-0.3, -0.25) is 14.8 Å². The lowest BCUT2D eigenvalue weighted by Gasteiger charge is -2.10. The first-order chi connectivity index (χ1) is 7.97. The molecule has 0 aliphatic carbocycles. The molecule has 92 valence electrons.